The number of ketones is 1. The first-order chi connectivity index (χ1) is 9.70. The van der Waals surface area contributed by atoms with Crippen LogP contribution in [0.1, 0.15) is 18.4 Å². The van der Waals surface area contributed by atoms with Crippen LogP contribution < -0.4 is 0 Å². The van der Waals surface area contributed by atoms with Crippen LogP contribution in [0.15, 0.2) is 47.1 Å². The summed E-state index contributed by atoms with van der Waals surface area (Å²) < 4.78 is 5.34. The highest BCUT2D eigenvalue weighted by Gasteiger charge is 2.11. The fourth-order valence-corrected chi connectivity index (χ4v) is 2.12. The summed E-state index contributed by atoms with van der Waals surface area (Å²) in [7, 11) is 0. The maximum absolute atomic E-state index is 11.9. The van der Waals surface area contributed by atoms with E-state index in [1.54, 1.807) is 6.26 Å². The predicted molar refractivity (Wildman–Crippen MR) is 83.7 cm³/mol. The summed E-state index contributed by atoms with van der Waals surface area (Å²) in [5.41, 5.74) is 2.03. The average molecular weight is 287 g/mol. The minimum absolute atomic E-state index is 0.122. The van der Waals surface area contributed by atoms with E-state index in [1.165, 1.54) is 0 Å². The van der Waals surface area contributed by atoms with Crippen molar-refractivity contribution in [3.63, 3.8) is 0 Å². The van der Waals surface area contributed by atoms with Crippen molar-refractivity contribution in [1.29, 1.82) is 5.41 Å². The molecule has 20 heavy (non-hydrogen) atoms. The third-order valence-electron chi connectivity index (χ3n) is 3.02. The molecule has 0 aliphatic rings. The van der Waals surface area contributed by atoms with Gasteiger partial charge in [-0.15, -0.1) is 0 Å². The van der Waals surface area contributed by atoms with Gasteiger partial charge in [0.25, 0.3) is 0 Å². The Labute approximate surface area is 123 Å². The first-order valence-corrected chi connectivity index (χ1v) is 7.18. The molecule has 1 aromatic carbocycles. The highest BCUT2D eigenvalue weighted by molar-refractivity contribution is 7.80. The number of hydrogen-bond donors (Lipinski definition) is 2. The van der Waals surface area contributed by atoms with Gasteiger partial charge in [-0.3, -0.25) is 4.79 Å². The van der Waals surface area contributed by atoms with Crippen molar-refractivity contribution in [2.75, 3.05) is 5.75 Å². The van der Waals surface area contributed by atoms with E-state index in [-0.39, 0.29) is 17.9 Å². The summed E-state index contributed by atoms with van der Waals surface area (Å²) in [5, 5.41) is 7.74. The summed E-state index contributed by atoms with van der Waals surface area (Å²) in [6, 6.07) is 11.4. The fourth-order valence-electron chi connectivity index (χ4n) is 1.96. The Hall–Kier alpha value is -1.81. The molecule has 0 saturated carbocycles. The lowest BCUT2D eigenvalue weighted by Crippen LogP contribution is -2.15. The third-order valence-corrected chi connectivity index (χ3v) is 3.34. The molecule has 0 unspecified atom stereocenters. The van der Waals surface area contributed by atoms with Crippen LogP contribution in [0.3, 0.4) is 0 Å². The molecule has 2 aromatic rings. The van der Waals surface area contributed by atoms with Crippen molar-refractivity contribution in [3.8, 4) is 11.3 Å². The van der Waals surface area contributed by atoms with Crippen molar-refractivity contribution in [1.82, 2.24) is 0 Å². The molecule has 1 aromatic heterocycles. The van der Waals surface area contributed by atoms with Crippen LogP contribution in [0, 0.1) is 5.41 Å². The Morgan fingerprint density at radius 3 is 2.80 bits per heavy atom. The topological polar surface area (TPSA) is 54.1 Å². The number of Topliss-reactive ketones (excluding diaryl/α,β-unsaturated/α-hetero) is 1. The van der Waals surface area contributed by atoms with Gasteiger partial charge in [0.1, 0.15) is 5.76 Å². The minimum Gasteiger partial charge on any atom is -0.464 e. The van der Waals surface area contributed by atoms with Crippen molar-refractivity contribution < 1.29 is 9.21 Å². The van der Waals surface area contributed by atoms with E-state index < -0.39 is 0 Å². The Bertz CT molecular complexity index is 590. The van der Waals surface area contributed by atoms with E-state index in [4.69, 9.17) is 9.83 Å². The molecule has 0 bridgehead atoms. The number of carbonyl (C=O) groups excluding carboxylic acids is 1. The average Bonchev–Trinajstić information content (AvgIpc) is 2.99. The zero-order chi connectivity index (χ0) is 14.4. The standard InChI is InChI=1S/C16H17NO2S/c17-14(6-3-9-20)15(18)11-12-4-1-5-13(10-12)16-7-2-8-19-16/h1-2,4-5,7-8,10,17,20H,3,6,9,11H2. The number of nitrogens with one attached hydrogen (secondary N) is 1. The smallest absolute Gasteiger partial charge is 0.180 e. The molecule has 4 heteroatoms. The molecule has 0 spiro atoms. The monoisotopic (exact) mass is 287 g/mol. The first kappa shape index (κ1) is 14.6. The number of benzene rings is 1. The molecule has 1 N–H and O–H groups in total. The van der Waals surface area contributed by atoms with Gasteiger partial charge in [-0.25, -0.2) is 0 Å². The Morgan fingerprint density at radius 1 is 1.25 bits per heavy atom. The molecule has 0 aliphatic heterocycles. The SMILES string of the molecule is N=C(CCCS)C(=O)Cc1cccc(-c2ccco2)c1. The number of rotatable bonds is 7. The molecular formula is C16H17NO2S. The van der Waals surface area contributed by atoms with Gasteiger partial charge in [0, 0.05) is 12.0 Å². The van der Waals surface area contributed by atoms with Gasteiger partial charge in [0.05, 0.1) is 12.0 Å². The van der Waals surface area contributed by atoms with Crippen molar-refractivity contribution in [2.24, 2.45) is 0 Å². The van der Waals surface area contributed by atoms with Crippen molar-refractivity contribution >= 4 is 24.1 Å². The lowest BCUT2D eigenvalue weighted by Gasteiger charge is -2.04. The molecule has 0 fully saturated rings. The zero-order valence-electron chi connectivity index (χ0n) is 11.1. The van der Waals surface area contributed by atoms with Crippen LogP contribution in [-0.4, -0.2) is 17.2 Å². The van der Waals surface area contributed by atoms with Crippen LogP contribution in [0.2, 0.25) is 0 Å². The summed E-state index contributed by atoms with van der Waals surface area (Å²) in [4.78, 5) is 11.9. The normalized spacial score (nSPS) is 10.4. The predicted octanol–water partition coefficient (Wildman–Crippen LogP) is 3.79. The van der Waals surface area contributed by atoms with Crippen LogP contribution in [-0.2, 0) is 11.2 Å². The van der Waals surface area contributed by atoms with Crippen LogP contribution in [0.4, 0.5) is 0 Å². The number of hydrogen-bond acceptors (Lipinski definition) is 4. The Kier molecular flexibility index (Phi) is 5.18. The highest BCUT2D eigenvalue weighted by Crippen LogP contribution is 2.21. The fraction of sp³-hybridized carbons (Fsp3) is 0.250. The maximum atomic E-state index is 11.9. The van der Waals surface area contributed by atoms with E-state index in [9.17, 15) is 4.79 Å². The van der Waals surface area contributed by atoms with Gasteiger partial charge in [-0.2, -0.15) is 12.6 Å². The van der Waals surface area contributed by atoms with Crippen LogP contribution in [0.25, 0.3) is 11.3 Å². The van der Waals surface area contributed by atoms with Gasteiger partial charge < -0.3 is 9.83 Å². The molecule has 104 valence electrons. The summed E-state index contributed by atoms with van der Waals surface area (Å²) in [6.07, 6.45) is 3.15. The molecule has 0 aliphatic carbocycles. The second-order valence-corrected chi connectivity index (χ2v) is 5.03. The molecule has 3 nitrogen and oxygen atoms in total. The quantitative estimate of drug-likeness (QED) is 0.601. The molecule has 0 saturated heterocycles. The molecule has 0 atom stereocenters. The molecule has 0 radical (unpaired) electrons. The summed E-state index contributed by atoms with van der Waals surface area (Å²) >= 11 is 4.09. The molecule has 0 amide bonds. The van der Waals surface area contributed by atoms with Gasteiger partial charge in [-0.1, -0.05) is 18.2 Å². The Balaban J connectivity index is 2.05. The largest absolute Gasteiger partial charge is 0.464 e. The second kappa shape index (κ2) is 7.10. The first-order valence-electron chi connectivity index (χ1n) is 6.55. The van der Waals surface area contributed by atoms with E-state index in [2.05, 4.69) is 12.6 Å². The van der Waals surface area contributed by atoms with E-state index >= 15 is 0 Å². The van der Waals surface area contributed by atoms with Gasteiger partial charge in [0.2, 0.25) is 0 Å². The van der Waals surface area contributed by atoms with E-state index in [0.29, 0.717) is 12.2 Å². The number of furan rings is 1. The second-order valence-electron chi connectivity index (χ2n) is 4.58. The zero-order valence-corrected chi connectivity index (χ0v) is 12.0. The Morgan fingerprint density at radius 2 is 2.10 bits per heavy atom. The summed E-state index contributed by atoms with van der Waals surface area (Å²) in [5.74, 6) is 1.36. The van der Waals surface area contributed by atoms with Crippen molar-refractivity contribution in [2.45, 2.75) is 19.3 Å². The van der Waals surface area contributed by atoms with Gasteiger partial charge in [-0.05, 0) is 42.4 Å². The molecular weight excluding hydrogens is 270 g/mol. The van der Waals surface area contributed by atoms with Gasteiger partial charge >= 0.3 is 0 Å². The minimum atomic E-state index is -0.122. The number of carbonyl (C=O) groups is 1. The maximum Gasteiger partial charge on any atom is 0.180 e. The van der Waals surface area contributed by atoms with Crippen molar-refractivity contribution in [3.05, 3.63) is 48.2 Å². The molecule has 2 rings (SSSR count). The number of thiol groups is 1. The molecule has 1 heterocycles. The third kappa shape index (κ3) is 3.84. The van der Waals surface area contributed by atoms with Crippen LogP contribution >= 0.6 is 12.6 Å². The van der Waals surface area contributed by atoms with Gasteiger partial charge in [0.15, 0.2) is 5.78 Å². The van der Waals surface area contributed by atoms with E-state index in [0.717, 1.165) is 23.3 Å². The van der Waals surface area contributed by atoms with E-state index in [1.807, 2.05) is 36.4 Å². The highest BCUT2D eigenvalue weighted by atomic mass is 32.1. The lowest BCUT2D eigenvalue weighted by atomic mass is 10.0. The van der Waals surface area contributed by atoms with Crippen LogP contribution in [0.5, 0.6) is 0 Å². The summed E-state index contributed by atoms with van der Waals surface area (Å²) in [6.45, 7) is 0. The lowest BCUT2D eigenvalue weighted by molar-refractivity contribution is -0.112.